The highest BCUT2D eigenvalue weighted by atomic mass is 16.5. The first kappa shape index (κ1) is 53.2. The van der Waals surface area contributed by atoms with Crippen LogP contribution < -0.4 is 0 Å². The molecule has 0 radical (unpaired) electrons. The molecule has 0 bridgehead atoms. The van der Waals surface area contributed by atoms with Crippen LogP contribution in [0.1, 0.15) is 303 Å². The number of carbonyl (C=O) groups is 1. The molecule has 0 heterocycles. The molecular formula is C52H102O2. The van der Waals surface area contributed by atoms with Crippen LogP contribution in [0, 0.1) is 5.92 Å². The number of carbonyl (C=O) groups excluding carboxylic acids is 1. The van der Waals surface area contributed by atoms with Gasteiger partial charge in [-0.2, -0.15) is 0 Å². The summed E-state index contributed by atoms with van der Waals surface area (Å²) in [7, 11) is 0. The zero-order valence-electron chi connectivity index (χ0n) is 37.9. The lowest BCUT2D eigenvalue weighted by Crippen LogP contribution is -2.05. The van der Waals surface area contributed by atoms with Crippen molar-refractivity contribution in [2.45, 2.75) is 303 Å². The first-order valence-corrected chi connectivity index (χ1v) is 25.5. The molecular weight excluding hydrogens is 657 g/mol. The Morgan fingerprint density at radius 1 is 0.389 bits per heavy atom. The molecule has 1 unspecified atom stereocenters. The molecule has 0 aliphatic carbocycles. The zero-order chi connectivity index (χ0) is 39.1. The van der Waals surface area contributed by atoms with Crippen molar-refractivity contribution in [3.05, 3.63) is 12.2 Å². The molecule has 0 amide bonds. The number of hydrogen-bond acceptors (Lipinski definition) is 2. The minimum Gasteiger partial charge on any atom is -0.466 e. The minimum atomic E-state index is 0.0300. The molecule has 0 aliphatic rings. The summed E-state index contributed by atoms with van der Waals surface area (Å²) in [6, 6.07) is 0. The van der Waals surface area contributed by atoms with Gasteiger partial charge in [0.15, 0.2) is 0 Å². The Labute approximate surface area is 342 Å². The average Bonchev–Trinajstić information content (AvgIpc) is 3.18. The van der Waals surface area contributed by atoms with E-state index in [0.29, 0.717) is 13.0 Å². The maximum absolute atomic E-state index is 12.1. The molecule has 0 aromatic heterocycles. The lowest BCUT2D eigenvalue weighted by atomic mass is 9.99. The summed E-state index contributed by atoms with van der Waals surface area (Å²) >= 11 is 0. The molecule has 54 heavy (non-hydrogen) atoms. The fraction of sp³-hybridized carbons (Fsp3) is 0.942. The van der Waals surface area contributed by atoms with E-state index < -0.39 is 0 Å². The quantitative estimate of drug-likeness (QED) is 0.0351. The summed E-state index contributed by atoms with van der Waals surface area (Å²) < 4.78 is 5.50. The zero-order valence-corrected chi connectivity index (χ0v) is 37.9. The fourth-order valence-electron chi connectivity index (χ4n) is 7.99. The summed E-state index contributed by atoms with van der Waals surface area (Å²) in [5.41, 5.74) is 0. The van der Waals surface area contributed by atoms with Crippen LogP contribution in [0.25, 0.3) is 0 Å². The van der Waals surface area contributed by atoms with Crippen LogP contribution in [0.4, 0.5) is 0 Å². The number of unbranched alkanes of at least 4 members (excludes halogenated alkanes) is 38. The van der Waals surface area contributed by atoms with Crippen molar-refractivity contribution < 1.29 is 9.53 Å². The van der Waals surface area contributed by atoms with Crippen LogP contribution in [0.15, 0.2) is 12.2 Å². The molecule has 0 N–H and O–H groups in total. The molecule has 2 heteroatoms. The lowest BCUT2D eigenvalue weighted by molar-refractivity contribution is -0.143. The number of esters is 1. The van der Waals surface area contributed by atoms with Gasteiger partial charge in [0.25, 0.3) is 0 Å². The van der Waals surface area contributed by atoms with E-state index in [1.165, 1.54) is 263 Å². The van der Waals surface area contributed by atoms with Gasteiger partial charge in [0, 0.05) is 6.42 Å². The third-order valence-electron chi connectivity index (χ3n) is 12.2. The van der Waals surface area contributed by atoms with E-state index in [1.54, 1.807) is 0 Å². The number of rotatable bonds is 47. The van der Waals surface area contributed by atoms with Crippen molar-refractivity contribution in [1.82, 2.24) is 0 Å². The van der Waals surface area contributed by atoms with Gasteiger partial charge in [-0.3, -0.25) is 4.79 Å². The van der Waals surface area contributed by atoms with Gasteiger partial charge in [-0.05, 0) is 44.4 Å². The van der Waals surface area contributed by atoms with E-state index in [1.807, 2.05) is 0 Å². The number of hydrogen-bond donors (Lipinski definition) is 0. The highest BCUT2D eigenvalue weighted by molar-refractivity contribution is 5.69. The van der Waals surface area contributed by atoms with E-state index >= 15 is 0 Å². The Balaban J connectivity index is 3.17. The second-order valence-corrected chi connectivity index (χ2v) is 17.8. The van der Waals surface area contributed by atoms with Crippen LogP contribution in [0.3, 0.4) is 0 Å². The van der Waals surface area contributed by atoms with Crippen LogP contribution in [-0.2, 0) is 9.53 Å². The summed E-state index contributed by atoms with van der Waals surface area (Å²) in [5.74, 6) is 0.966. The van der Waals surface area contributed by atoms with Crippen molar-refractivity contribution in [2.24, 2.45) is 5.92 Å². The van der Waals surface area contributed by atoms with Gasteiger partial charge in [-0.25, -0.2) is 0 Å². The molecule has 0 aromatic rings. The van der Waals surface area contributed by atoms with Crippen molar-refractivity contribution in [3.8, 4) is 0 Å². The minimum absolute atomic E-state index is 0.0300. The summed E-state index contributed by atoms with van der Waals surface area (Å²) in [6.07, 6.45) is 64.8. The molecule has 0 rings (SSSR count). The van der Waals surface area contributed by atoms with Crippen LogP contribution in [-0.4, -0.2) is 12.6 Å². The third-order valence-corrected chi connectivity index (χ3v) is 12.2. The molecule has 0 spiro atoms. The fourth-order valence-corrected chi connectivity index (χ4v) is 7.99. The van der Waals surface area contributed by atoms with Gasteiger partial charge in [-0.15, -0.1) is 0 Å². The normalized spacial score (nSPS) is 12.3. The van der Waals surface area contributed by atoms with Gasteiger partial charge in [0.1, 0.15) is 0 Å². The standard InChI is InChI=1S/C52H102O2/c1-4-6-7-8-9-10-11-12-13-14-15-18-22-25-28-31-34-37-40-43-46-49-52(53)54-50-47-44-41-38-35-32-29-26-23-20-17-16-19-21-24-27-30-33-36-39-42-45-48-51(3)5-2/h12-13,51H,4-11,14-50H2,1-3H3/b13-12+. The molecule has 0 saturated heterocycles. The van der Waals surface area contributed by atoms with Crippen molar-refractivity contribution >= 4 is 5.97 Å². The first-order valence-electron chi connectivity index (χ1n) is 25.5. The maximum atomic E-state index is 12.1. The van der Waals surface area contributed by atoms with Crippen LogP contribution in [0.2, 0.25) is 0 Å². The Morgan fingerprint density at radius 2 is 0.685 bits per heavy atom. The highest BCUT2D eigenvalue weighted by Gasteiger charge is 2.03. The van der Waals surface area contributed by atoms with E-state index in [-0.39, 0.29) is 5.97 Å². The molecule has 0 aliphatic heterocycles. The second kappa shape index (κ2) is 48.4. The van der Waals surface area contributed by atoms with E-state index in [0.717, 1.165) is 18.8 Å². The van der Waals surface area contributed by atoms with Gasteiger partial charge in [0.2, 0.25) is 0 Å². The van der Waals surface area contributed by atoms with Crippen molar-refractivity contribution in [3.63, 3.8) is 0 Å². The topological polar surface area (TPSA) is 26.3 Å². The summed E-state index contributed by atoms with van der Waals surface area (Å²) in [6.45, 7) is 7.65. The second-order valence-electron chi connectivity index (χ2n) is 17.8. The Kier molecular flexibility index (Phi) is 47.7. The average molecular weight is 759 g/mol. The smallest absolute Gasteiger partial charge is 0.305 e. The van der Waals surface area contributed by atoms with Gasteiger partial charge in [0.05, 0.1) is 6.61 Å². The van der Waals surface area contributed by atoms with Gasteiger partial charge < -0.3 is 4.74 Å². The van der Waals surface area contributed by atoms with Gasteiger partial charge in [-0.1, -0.05) is 270 Å². The lowest BCUT2D eigenvalue weighted by Gasteiger charge is -2.07. The SMILES string of the molecule is CCCCCCCC/C=C/CCCCCCCCCCCCCC(=O)OCCCCCCCCCCCCCCCCCCCCCCCCC(C)CC. The highest BCUT2D eigenvalue weighted by Crippen LogP contribution is 2.18. The van der Waals surface area contributed by atoms with Crippen molar-refractivity contribution in [2.75, 3.05) is 6.61 Å². The van der Waals surface area contributed by atoms with E-state index in [4.69, 9.17) is 4.74 Å². The Hall–Kier alpha value is -0.790. The predicted octanol–water partition coefficient (Wildman–Crippen LogP) is 18.9. The van der Waals surface area contributed by atoms with E-state index in [9.17, 15) is 4.79 Å². The molecule has 0 saturated carbocycles. The molecule has 0 fully saturated rings. The number of ether oxygens (including phenoxy) is 1. The number of allylic oxidation sites excluding steroid dienone is 2. The third kappa shape index (κ3) is 47.4. The Bertz CT molecular complexity index is 713. The first-order chi connectivity index (χ1) is 26.7. The van der Waals surface area contributed by atoms with Gasteiger partial charge >= 0.3 is 5.97 Å². The van der Waals surface area contributed by atoms with Crippen LogP contribution >= 0.6 is 0 Å². The summed E-state index contributed by atoms with van der Waals surface area (Å²) in [4.78, 5) is 12.1. The largest absolute Gasteiger partial charge is 0.466 e. The summed E-state index contributed by atoms with van der Waals surface area (Å²) in [5, 5.41) is 0. The van der Waals surface area contributed by atoms with Crippen LogP contribution in [0.5, 0.6) is 0 Å². The van der Waals surface area contributed by atoms with Crippen molar-refractivity contribution in [1.29, 1.82) is 0 Å². The Morgan fingerprint density at radius 3 is 1.04 bits per heavy atom. The molecule has 322 valence electrons. The predicted molar refractivity (Wildman–Crippen MR) is 244 cm³/mol. The molecule has 2 nitrogen and oxygen atoms in total. The molecule has 0 aromatic carbocycles. The van der Waals surface area contributed by atoms with E-state index in [2.05, 4.69) is 32.9 Å². The monoisotopic (exact) mass is 759 g/mol. The molecule has 1 atom stereocenters. The maximum Gasteiger partial charge on any atom is 0.305 e.